The normalized spacial score (nSPS) is 13.6. The molecule has 1 rings (SSSR count). The number of hydrogen-bond donors (Lipinski definition) is 1. The Labute approximate surface area is 127 Å². The van der Waals surface area contributed by atoms with E-state index in [1.165, 1.54) is 0 Å². The Morgan fingerprint density at radius 1 is 1.16 bits per heavy atom. The van der Waals surface area contributed by atoms with E-state index in [2.05, 4.69) is 33.0 Å². The molecule has 1 N–H and O–H groups in total. The Morgan fingerprint density at radius 2 is 1.74 bits per heavy atom. The first-order valence-electron chi connectivity index (χ1n) is 7.02. The third-order valence-electron chi connectivity index (χ3n) is 3.43. The van der Waals surface area contributed by atoms with Gasteiger partial charge in [-0.15, -0.1) is 0 Å². The van der Waals surface area contributed by atoms with Crippen LogP contribution in [0.25, 0.3) is 0 Å². The van der Waals surface area contributed by atoms with Crippen LogP contribution in [0, 0.1) is 5.41 Å². The van der Waals surface area contributed by atoms with E-state index in [-0.39, 0.29) is 5.41 Å². The first-order valence-corrected chi connectivity index (χ1v) is 7.78. The first-order chi connectivity index (χ1) is 8.86. The molecule has 0 aromatic heterocycles. The number of halogens is 2. The summed E-state index contributed by atoms with van der Waals surface area (Å²) in [6.45, 7) is 10.1. The van der Waals surface area contributed by atoms with Crippen LogP contribution in [0.5, 0.6) is 0 Å². The lowest BCUT2D eigenvalue weighted by Crippen LogP contribution is -2.41. The molecule has 108 valence electrons. The minimum absolute atomic E-state index is 0.239. The lowest BCUT2D eigenvalue weighted by Gasteiger charge is -2.32. The summed E-state index contributed by atoms with van der Waals surface area (Å²) >= 11 is 12.5. The van der Waals surface area contributed by atoms with Crippen molar-refractivity contribution >= 4 is 23.2 Å². The van der Waals surface area contributed by atoms with E-state index in [0.29, 0.717) is 6.04 Å². The van der Waals surface area contributed by atoms with Crippen molar-refractivity contribution in [1.82, 2.24) is 5.32 Å². The van der Waals surface area contributed by atoms with Crippen molar-refractivity contribution in [2.75, 3.05) is 6.54 Å². The number of rotatable bonds is 6. The summed E-state index contributed by atoms with van der Waals surface area (Å²) in [5.74, 6) is 0. The van der Waals surface area contributed by atoms with E-state index in [9.17, 15) is 0 Å². The molecule has 0 aliphatic carbocycles. The van der Waals surface area contributed by atoms with Crippen LogP contribution in [0.3, 0.4) is 0 Å². The van der Waals surface area contributed by atoms with Gasteiger partial charge in [0, 0.05) is 16.1 Å². The van der Waals surface area contributed by atoms with Crippen LogP contribution < -0.4 is 5.32 Å². The predicted molar refractivity (Wildman–Crippen MR) is 86.3 cm³/mol. The zero-order valence-electron chi connectivity index (χ0n) is 12.4. The van der Waals surface area contributed by atoms with Gasteiger partial charge in [0.2, 0.25) is 0 Å². The van der Waals surface area contributed by atoms with Gasteiger partial charge in [0.15, 0.2) is 0 Å². The molecule has 0 spiro atoms. The van der Waals surface area contributed by atoms with Crippen molar-refractivity contribution in [3.8, 4) is 0 Å². The molecule has 0 bridgehead atoms. The van der Waals surface area contributed by atoms with Gasteiger partial charge in [0.05, 0.1) is 0 Å². The molecule has 0 saturated heterocycles. The van der Waals surface area contributed by atoms with Crippen molar-refractivity contribution in [2.45, 2.75) is 53.0 Å². The molecule has 0 heterocycles. The topological polar surface area (TPSA) is 12.0 Å². The number of nitrogens with one attached hydrogen (secondary N) is 1. The maximum Gasteiger partial charge on any atom is 0.0452 e. The van der Waals surface area contributed by atoms with Crippen LogP contribution in [-0.2, 0) is 6.42 Å². The van der Waals surface area contributed by atoms with Gasteiger partial charge in [-0.05, 0) is 48.9 Å². The molecule has 0 fully saturated rings. The van der Waals surface area contributed by atoms with Gasteiger partial charge < -0.3 is 5.32 Å². The maximum absolute atomic E-state index is 6.23. The van der Waals surface area contributed by atoms with Gasteiger partial charge in [0.1, 0.15) is 0 Å². The number of benzene rings is 1. The fraction of sp³-hybridized carbons (Fsp3) is 0.625. The Bertz CT molecular complexity index is 376. The molecule has 0 saturated carbocycles. The van der Waals surface area contributed by atoms with Crippen LogP contribution in [-0.4, -0.2) is 12.6 Å². The summed E-state index contributed by atoms with van der Waals surface area (Å²) in [5, 5.41) is 5.18. The van der Waals surface area contributed by atoms with E-state index in [1.54, 1.807) is 0 Å². The zero-order chi connectivity index (χ0) is 14.5. The second-order valence-electron chi connectivity index (χ2n) is 6.11. The third-order valence-corrected chi connectivity index (χ3v) is 4.14. The molecule has 1 aromatic rings. The Kier molecular flexibility index (Phi) is 6.65. The van der Waals surface area contributed by atoms with Crippen LogP contribution in [0.1, 0.15) is 46.1 Å². The van der Waals surface area contributed by atoms with E-state index in [0.717, 1.165) is 41.4 Å². The standard InChI is InChI=1S/C16H25Cl2N/c1-5-11-19-15(16(2,3)4)10-9-12-13(17)7-6-8-14(12)18/h6-8,15,19H,5,9-11H2,1-4H3. The highest BCUT2D eigenvalue weighted by molar-refractivity contribution is 6.35. The lowest BCUT2D eigenvalue weighted by atomic mass is 9.83. The van der Waals surface area contributed by atoms with Crippen LogP contribution in [0.2, 0.25) is 10.0 Å². The second kappa shape index (κ2) is 7.52. The van der Waals surface area contributed by atoms with E-state index >= 15 is 0 Å². The number of hydrogen-bond acceptors (Lipinski definition) is 1. The smallest absolute Gasteiger partial charge is 0.0452 e. The minimum atomic E-state index is 0.239. The van der Waals surface area contributed by atoms with Crippen LogP contribution in [0.15, 0.2) is 18.2 Å². The van der Waals surface area contributed by atoms with E-state index < -0.39 is 0 Å². The van der Waals surface area contributed by atoms with Crippen molar-refractivity contribution in [3.63, 3.8) is 0 Å². The van der Waals surface area contributed by atoms with Gasteiger partial charge in [-0.1, -0.05) is 57.0 Å². The third kappa shape index (κ3) is 5.33. The van der Waals surface area contributed by atoms with Crippen molar-refractivity contribution in [2.24, 2.45) is 5.41 Å². The molecule has 0 amide bonds. The SMILES string of the molecule is CCCNC(CCc1c(Cl)cccc1Cl)C(C)(C)C. The van der Waals surface area contributed by atoms with Crippen molar-refractivity contribution in [3.05, 3.63) is 33.8 Å². The molecule has 1 unspecified atom stereocenters. The molecule has 1 aromatic carbocycles. The highest BCUT2D eigenvalue weighted by Gasteiger charge is 2.24. The minimum Gasteiger partial charge on any atom is -0.313 e. The fourth-order valence-corrected chi connectivity index (χ4v) is 2.81. The summed E-state index contributed by atoms with van der Waals surface area (Å²) in [5.41, 5.74) is 1.31. The van der Waals surface area contributed by atoms with Crippen LogP contribution in [0.4, 0.5) is 0 Å². The van der Waals surface area contributed by atoms with Crippen molar-refractivity contribution in [1.29, 1.82) is 0 Å². The molecule has 1 atom stereocenters. The lowest BCUT2D eigenvalue weighted by molar-refractivity contribution is 0.255. The average molecular weight is 302 g/mol. The summed E-state index contributed by atoms with van der Waals surface area (Å²) in [6, 6.07) is 6.19. The highest BCUT2D eigenvalue weighted by atomic mass is 35.5. The van der Waals surface area contributed by atoms with Crippen LogP contribution >= 0.6 is 23.2 Å². The summed E-state index contributed by atoms with van der Waals surface area (Å²) < 4.78 is 0. The Hall–Kier alpha value is -0.240. The summed E-state index contributed by atoms with van der Waals surface area (Å²) in [4.78, 5) is 0. The molecule has 0 aliphatic rings. The Balaban J connectivity index is 2.71. The zero-order valence-corrected chi connectivity index (χ0v) is 13.9. The molecule has 0 radical (unpaired) electrons. The molecule has 1 nitrogen and oxygen atoms in total. The van der Waals surface area contributed by atoms with E-state index in [4.69, 9.17) is 23.2 Å². The van der Waals surface area contributed by atoms with Gasteiger partial charge in [-0.2, -0.15) is 0 Å². The highest BCUT2D eigenvalue weighted by Crippen LogP contribution is 2.29. The first kappa shape index (κ1) is 16.8. The predicted octanol–water partition coefficient (Wildman–Crippen LogP) is 5.34. The average Bonchev–Trinajstić information content (AvgIpc) is 2.30. The van der Waals surface area contributed by atoms with Gasteiger partial charge >= 0.3 is 0 Å². The monoisotopic (exact) mass is 301 g/mol. The quantitative estimate of drug-likeness (QED) is 0.748. The summed E-state index contributed by atoms with van der Waals surface area (Å²) in [7, 11) is 0. The molecular weight excluding hydrogens is 277 g/mol. The maximum atomic E-state index is 6.23. The largest absolute Gasteiger partial charge is 0.313 e. The van der Waals surface area contributed by atoms with Crippen molar-refractivity contribution < 1.29 is 0 Å². The van der Waals surface area contributed by atoms with Gasteiger partial charge in [-0.3, -0.25) is 0 Å². The Morgan fingerprint density at radius 3 is 2.21 bits per heavy atom. The van der Waals surface area contributed by atoms with E-state index in [1.807, 2.05) is 18.2 Å². The summed E-state index contributed by atoms with van der Waals surface area (Å²) in [6.07, 6.45) is 3.11. The fourth-order valence-electron chi connectivity index (χ4n) is 2.22. The van der Waals surface area contributed by atoms with Gasteiger partial charge in [-0.25, -0.2) is 0 Å². The molecule has 3 heteroatoms. The van der Waals surface area contributed by atoms with Gasteiger partial charge in [0.25, 0.3) is 0 Å². The molecule has 19 heavy (non-hydrogen) atoms. The molecular formula is C16H25Cl2N. The molecule has 0 aliphatic heterocycles. The second-order valence-corrected chi connectivity index (χ2v) is 6.93.